The van der Waals surface area contributed by atoms with E-state index >= 15 is 0 Å². The van der Waals surface area contributed by atoms with Crippen molar-refractivity contribution in [1.82, 2.24) is 0 Å². The number of carbonyl (C=O) groups is 1. The van der Waals surface area contributed by atoms with Gasteiger partial charge in [0.05, 0.1) is 6.61 Å². The third kappa shape index (κ3) is 3.64. The Morgan fingerprint density at radius 2 is 1.93 bits per heavy atom. The summed E-state index contributed by atoms with van der Waals surface area (Å²) in [6, 6.07) is 7.95. The Balaban J connectivity index is 0.00000169. The van der Waals surface area contributed by atoms with Crippen molar-refractivity contribution >= 4 is 24.1 Å². The second kappa shape index (κ2) is 6.23. The highest BCUT2D eigenvalue weighted by molar-refractivity contribution is 5.85. The fraction of sp³-hybridized carbons (Fsp3) is 0.222. The lowest BCUT2D eigenvalue weighted by Gasteiger charge is -2.12. The molecule has 0 unspecified atom stereocenters. The molecule has 1 aromatic carbocycles. The van der Waals surface area contributed by atoms with Gasteiger partial charge in [-0.15, -0.1) is 12.4 Å². The maximum Gasteiger partial charge on any atom is 0.328 e. The first-order chi connectivity index (χ1) is 6.24. The Kier molecular flexibility index (Phi) is 5.67. The molecule has 0 aliphatic heterocycles. The number of rotatable bonds is 4. The van der Waals surface area contributed by atoms with Crippen molar-refractivity contribution in [1.29, 1.82) is 0 Å². The molecule has 14 heavy (non-hydrogen) atoms. The van der Waals surface area contributed by atoms with Crippen LogP contribution in [0, 0.1) is 0 Å². The number of anilines is 1. The van der Waals surface area contributed by atoms with Crippen molar-refractivity contribution in [3.8, 4) is 0 Å². The van der Waals surface area contributed by atoms with E-state index < -0.39 is 18.6 Å². The molecule has 1 rings (SSSR count). The zero-order valence-electron chi connectivity index (χ0n) is 7.38. The molecule has 0 saturated heterocycles. The summed E-state index contributed by atoms with van der Waals surface area (Å²) in [4.78, 5) is 10.5. The van der Waals surface area contributed by atoms with Crippen LogP contribution in [0.2, 0.25) is 0 Å². The van der Waals surface area contributed by atoms with Gasteiger partial charge in [0, 0.05) is 5.69 Å². The SMILES string of the molecule is Cl.O=C(O)[C@H](CO)Nc1ccccc1. The van der Waals surface area contributed by atoms with Gasteiger partial charge in [-0.1, -0.05) is 18.2 Å². The first-order valence-electron chi connectivity index (χ1n) is 3.89. The second-order valence-electron chi connectivity index (χ2n) is 2.58. The number of benzene rings is 1. The summed E-state index contributed by atoms with van der Waals surface area (Å²) < 4.78 is 0. The van der Waals surface area contributed by atoms with Crippen LogP contribution < -0.4 is 5.32 Å². The Morgan fingerprint density at radius 1 is 1.36 bits per heavy atom. The zero-order chi connectivity index (χ0) is 9.68. The topological polar surface area (TPSA) is 69.6 Å². The molecule has 0 saturated carbocycles. The first-order valence-corrected chi connectivity index (χ1v) is 3.89. The smallest absolute Gasteiger partial charge is 0.328 e. The average Bonchev–Trinajstić information content (AvgIpc) is 2.15. The third-order valence-corrected chi connectivity index (χ3v) is 1.60. The van der Waals surface area contributed by atoms with Crippen LogP contribution in [0.5, 0.6) is 0 Å². The summed E-state index contributed by atoms with van der Waals surface area (Å²) in [6.45, 7) is -0.426. The van der Waals surface area contributed by atoms with Crippen molar-refractivity contribution in [2.75, 3.05) is 11.9 Å². The lowest BCUT2D eigenvalue weighted by Crippen LogP contribution is -2.32. The van der Waals surface area contributed by atoms with Gasteiger partial charge in [-0.25, -0.2) is 4.79 Å². The van der Waals surface area contributed by atoms with E-state index in [1.807, 2.05) is 6.07 Å². The van der Waals surface area contributed by atoms with Gasteiger partial charge in [0.15, 0.2) is 0 Å². The lowest BCUT2D eigenvalue weighted by atomic mass is 10.2. The molecular formula is C9H12ClNO3. The number of aliphatic hydroxyl groups is 1. The predicted molar refractivity (Wildman–Crippen MR) is 55.8 cm³/mol. The number of hydrogen-bond acceptors (Lipinski definition) is 3. The maximum atomic E-state index is 10.5. The quantitative estimate of drug-likeness (QED) is 0.703. The highest BCUT2D eigenvalue weighted by Gasteiger charge is 2.14. The molecule has 4 nitrogen and oxygen atoms in total. The van der Waals surface area contributed by atoms with Crippen molar-refractivity contribution < 1.29 is 15.0 Å². The molecule has 0 bridgehead atoms. The molecule has 0 radical (unpaired) electrons. The summed E-state index contributed by atoms with van der Waals surface area (Å²) in [5, 5.41) is 20.0. The van der Waals surface area contributed by atoms with Crippen LogP contribution in [0.15, 0.2) is 30.3 Å². The van der Waals surface area contributed by atoms with Crippen LogP contribution in [0.25, 0.3) is 0 Å². The van der Waals surface area contributed by atoms with E-state index in [9.17, 15) is 4.79 Å². The summed E-state index contributed by atoms with van der Waals surface area (Å²) >= 11 is 0. The first kappa shape index (κ1) is 12.7. The van der Waals surface area contributed by atoms with E-state index in [2.05, 4.69) is 5.32 Å². The van der Waals surface area contributed by atoms with E-state index in [-0.39, 0.29) is 12.4 Å². The molecule has 1 aromatic rings. The van der Waals surface area contributed by atoms with Crippen LogP contribution in [-0.2, 0) is 4.79 Å². The van der Waals surface area contributed by atoms with Crippen molar-refractivity contribution in [2.24, 2.45) is 0 Å². The molecule has 3 N–H and O–H groups in total. The molecule has 0 amide bonds. The molecule has 0 spiro atoms. The number of aliphatic hydroxyl groups excluding tert-OH is 1. The average molecular weight is 218 g/mol. The standard InChI is InChI=1S/C9H11NO3.ClH/c11-6-8(9(12)13)10-7-4-2-1-3-5-7;/h1-5,8,10-11H,6H2,(H,12,13);1H/t8-;/m0./s1. The van der Waals surface area contributed by atoms with Gasteiger partial charge < -0.3 is 15.5 Å². The molecular weight excluding hydrogens is 206 g/mol. The monoisotopic (exact) mass is 217 g/mol. The molecule has 0 aromatic heterocycles. The Bertz CT molecular complexity index is 279. The van der Waals surface area contributed by atoms with Crippen LogP contribution in [0.1, 0.15) is 0 Å². The largest absolute Gasteiger partial charge is 0.480 e. The summed E-state index contributed by atoms with van der Waals surface area (Å²) in [7, 11) is 0. The van der Waals surface area contributed by atoms with Crippen LogP contribution >= 0.6 is 12.4 Å². The number of carboxylic acids is 1. The van der Waals surface area contributed by atoms with Crippen molar-refractivity contribution in [3.05, 3.63) is 30.3 Å². The molecule has 0 aliphatic rings. The van der Waals surface area contributed by atoms with Crippen LogP contribution in [0.4, 0.5) is 5.69 Å². The number of hydrogen-bond donors (Lipinski definition) is 3. The number of aliphatic carboxylic acids is 1. The normalized spacial score (nSPS) is 11.2. The van der Waals surface area contributed by atoms with Gasteiger partial charge in [-0.2, -0.15) is 0 Å². The predicted octanol–water partition coefficient (Wildman–Crippen LogP) is 0.966. The highest BCUT2D eigenvalue weighted by atomic mass is 35.5. The second-order valence-corrected chi connectivity index (χ2v) is 2.58. The van der Waals surface area contributed by atoms with Gasteiger partial charge in [0.2, 0.25) is 0 Å². The third-order valence-electron chi connectivity index (χ3n) is 1.60. The summed E-state index contributed by atoms with van der Waals surface area (Å²) in [5.74, 6) is -1.06. The number of para-hydroxylation sites is 1. The minimum Gasteiger partial charge on any atom is -0.480 e. The summed E-state index contributed by atoms with van der Waals surface area (Å²) in [5.41, 5.74) is 0.684. The van der Waals surface area contributed by atoms with E-state index in [4.69, 9.17) is 10.2 Å². The van der Waals surface area contributed by atoms with Gasteiger partial charge in [0.1, 0.15) is 6.04 Å². The molecule has 0 fully saturated rings. The lowest BCUT2D eigenvalue weighted by molar-refractivity contribution is -0.138. The minimum atomic E-state index is -1.06. The minimum absolute atomic E-state index is 0. The number of carboxylic acid groups (broad SMARTS) is 1. The Morgan fingerprint density at radius 3 is 2.36 bits per heavy atom. The molecule has 5 heteroatoms. The fourth-order valence-corrected chi connectivity index (χ4v) is 0.921. The van der Waals surface area contributed by atoms with Gasteiger partial charge in [-0.05, 0) is 12.1 Å². The van der Waals surface area contributed by atoms with E-state index in [1.54, 1.807) is 24.3 Å². The van der Waals surface area contributed by atoms with Crippen molar-refractivity contribution in [3.63, 3.8) is 0 Å². The molecule has 1 atom stereocenters. The Labute approximate surface area is 88.0 Å². The summed E-state index contributed by atoms with van der Waals surface area (Å²) in [6.07, 6.45) is 0. The molecule has 0 aliphatic carbocycles. The number of halogens is 1. The van der Waals surface area contributed by atoms with E-state index in [1.165, 1.54) is 0 Å². The molecule has 0 heterocycles. The van der Waals surface area contributed by atoms with E-state index in [0.717, 1.165) is 0 Å². The van der Waals surface area contributed by atoms with Crippen LogP contribution in [0.3, 0.4) is 0 Å². The van der Waals surface area contributed by atoms with Crippen LogP contribution in [-0.4, -0.2) is 28.8 Å². The fourth-order valence-electron chi connectivity index (χ4n) is 0.921. The van der Waals surface area contributed by atoms with Gasteiger partial charge in [-0.3, -0.25) is 0 Å². The van der Waals surface area contributed by atoms with Gasteiger partial charge in [0.25, 0.3) is 0 Å². The Hall–Kier alpha value is -1.26. The maximum absolute atomic E-state index is 10.5. The highest BCUT2D eigenvalue weighted by Crippen LogP contribution is 2.06. The number of nitrogens with one attached hydrogen (secondary N) is 1. The van der Waals surface area contributed by atoms with Gasteiger partial charge >= 0.3 is 5.97 Å². The molecule has 78 valence electrons. The zero-order valence-corrected chi connectivity index (χ0v) is 8.20. The van der Waals surface area contributed by atoms with E-state index in [0.29, 0.717) is 5.69 Å². The van der Waals surface area contributed by atoms with Crippen molar-refractivity contribution in [2.45, 2.75) is 6.04 Å².